The van der Waals surface area contributed by atoms with Crippen LogP contribution in [0.15, 0.2) is 23.3 Å². The van der Waals surface area contributed by atoms with Crippen LogP contribution in [0, 0.1) is 0 Å². The summed E-state index contributed by atoms with van der Waals surface area (Å²) in [6.45, 7) is 2.75. The molecule has 0 aliphatic rings. The lowest BCUT2D eigenvalue weighted by atomic mass is 10.2. The maximum Gasteiger partial charge on any atom is 0.407 e. The minimum absolute atomic E-state index is 0.446. The Hall–Kier alpha value is -2.11. The predicted octanol–water partition coefficient (Wildman–Crippen LogP) is 1.85. The number of aromatic nitrogens is 1. The molecule has 1 aromatic rings. The van der Waals surface area contributed by atoms with Gasteiger partial charge in [0.15, 0.2) is 5.82 Å². The second kappa shape index (κ2) is 7.35. The number of likely N-dealkylation sites (N-methyl/N-ethyl adjacent to an activating group) is 1. The Morgan fingerprint density at radius 1 is 1.53 bits per heavy atom. The van der Waals surface area contributed by atoms with Gasteiger partial charge in [-0.3, -0.25) is 0 Å². The molecule has 0 aliphatic heterocycles. The van der Waals surface area contributed by atoms with E-state index in [9.17, 15) is 4.79 Å². The highest BCUT2D eigenvalue weighted by Crippen LogP contribution is 2.15. The van der Waals surface area contributed by atoms with Crippen LogP contribution in [0.3, 0.4) is 0 Å². The molecule has 104 valence electrons. The summed E-state index contributed by atoms with van der Waals surface area (Å²) in [5.74, 6) is 0.637. The monoisotopic (exact) mass is 264 g/mol. The Labute approximate surface area is 113 Å². The third-order valence-electron chi connectivity index (χ3n) is 2.58. The van der Waals surface area contributed by atoms with Crippen molar-refractivity contribution in [2.45, 2.75) is 13.3 Å². The number of hydrogen-bond acceptors (Lipinski definition) is 3. The van der Waals surface area contributed by atoms with Gasteiger partial charge in [0, 0.05) is 33.4 Å². The molecule has 1 aromatic heterocycles. The Morgan fingerprint density at radius 2 is 2.26 bits per heavy atom. The number of carboxylic acid groups (broad SMARTS) is 1. The minimum atomic E-state index is -0.898. The normalized spacial score (nSPS) is 10.7. The molecule has 0 aliphatic carbocycles. The Bertz CT molecular complexity index is 446. The van der Waals surface area contributed by atoms with Gasteiger partial charge >= 0.3 is 6.09 Å². The molecule has 1 heterocycles. The van der Waals surface area contributed by atoms with Gasteiger partial charge in [0.1, 0.15) is 0 Å². The highest BCUT2D eigenvalue weighted by atomic mass is 16.4. The second-order valence-electron chi connectivity index (χ2n) is 4.31. The van der Waals surface area contributed by atoms with E-state index < -0.39 is 6.09 Å². The lowest BCUT2D eigenvalue weighted by Gasteiger charge is -2.16. The molecular formula is C13H20N4O2. The van der Waals surface area contributed by atoms with Gasteiger partial charge in [0.25, 0.3) is 0 Å². The summed E-state index contributed by atoms with van der Waals surface area (Å²) >= 11 is 0. The summed E-state index contributed by atoms with van der Waals surface area (Å²) in [7, 11) is 3.77. The number of hydrogen-bond donors (Lipinski definition) is 1. The van der Waals surface area contributed by atoms with Crippen LogP contribution in [-0.4, -0.2) is 59.5 Å². The van der Waals surface area contributed by atoms with Crippen LogP contribution in [-0.2, 0) is 6.42 Å². The molecule has 0 spiro atoms. The minimum Gasteiger partial charge on any atom is -0.465 e. The molecule has 1 amide bonds. The molecule has 0 atom stereocenters. The summed E-state index contributed by atoms with van der Waals surface area (Å²) in [5, 5.41) is 8.97. The first-order valence-electron chi connectivity index (χ1n) is 6.17. The molecule has 0 aromatic carbocycles. The fourth-order valence-electron chi connectivity index (χ4n) is 1.56. The third-order valence-corrected chi connectivity index (χ3v) is 2.58. The highest BCUT2D eigenvalue weighted by molar-refractivity contribution is 5.65. The zero-order valence-corrected chi connectivity index (χ0v) is 11.6. The number of rotatable bonds is 6. The molecule has 0 saturated carbocycles. The zero-order chi connectivity index (χ0) is 14.3. The van der Waals surface area contributed by atoms with E-state index in [4.69, 9.17) is 5.11 Å². The van der Waals surface area contributed by atoms with Crippen LogP contribution in [0.25, 0.3) is 0 Å². The molecular weight excluding hydrogens is 244 g/mol. The third kappa shape index (κ3) is 4.95. The number of amides is 1. The van der Waals surface area contributed by atoms with Gasteiger partial charge in [-0.25, -0.2) is 14.8 Å². The fraction of sp³-hybridized carbons (Fsp3) is 0.462. The lowest BCUT2D eigenvalue weighted by Crippen LogP contribution is -2.31. The van der Waals surface area contributed by atoms with Crippen molar-refractivity contribution in [1.82, 2.24) is 14.8 Å². The van der Waals surface area contributed by atoms with Crippen LogP contribution in [0.2, 0.25) is 0 Å². The maximum atomic E-state index is 10.9. The van der Waals surface area contributed by atoms with E-state index in [1.165, 1.54) is 4.90 Å². The van der Waals surface area contributed by atoms with Gasteiger partial charge in [-0.15, -0.1) is 0 Å². The maximum absolute atomic E-state index is 10.9. The van der Waals surface area contributed by atoms with Gasteiger partial charge in [-0.1, -0.05) is 6.07 Å². The van der Waals surface area contributed by atoms with Crippen molar-refractivity contribution in [3.63, 3.8) is 0 Å². The van der Waals surface area contributed by atoms with Gasteiger partial charge in [0.05, 0.1) is 6.34 Å². The molecule has 6 heteroatoms. The van der Waals surface area contributed by atoms with E-state index >= 15 is 0 Å². The molecule has 0 bridgehead atoms. The number of pyridine rings is 1. The van der Waals surface area contributed by atoms with Crippen molar-refractivity contribution in [3.05, 3.63) is 23.9 Å². The van der Waals surface area contributed by atoms with Gasteiger partial charge in [-0.05, 0) is 25.0 Å². The van der Waals surface area contributed by atoms with Crippen molar-refractivity contribution in [1.29, 1.82) is 0 Å². The van der Waals surface area contributed by atoms with Crippen molar-refractivity contribution >= 4 is 18.2 Å². The summed E-state index contributed by atoms with van der Waals surface area (Å²) in [6, 6.07) is 3.76. The van der Waals surface area contributed by atoms with Crippen molar-refractivity contribution in [3.8, 4) is 0 Å². The lowest BCUT2D eigenvalue weighted by molar-refractivity contribution is 0.148. The quantitative estimate of drug-likeness (QED) is 0.629. The topological polar surface area (TPSA) is 69.0 Å². The standard InChI is InChI=1S/C13H20N4O2/c1-4-17(13(18)19)9-7-11-6-5-8-14-12(11)15-10-16(2)3/h5-6,8,10H,4,7,9H2,1-3H3,(H,18,19). The molecule has 19 heavy (non-hydrogen) atoms. The molecule has 1 rings (SSSR count). The number of aliphatic imine (C=N–C) groups is 1. The van der Waals surface area contributed by atoms with E-state index in [0.717, 1.165) is 5.56 Å². The molecule has 0 radical (unpaired) electrons. The first-order valence-corrected chi connectivity index (χ1v) is 6.17. The summed E-state index contributed by atoms with van der Waals surface area (Å²) in [4.78, 5) is 22.6. The second-order valence-corrected chi connectivity index (χ2v) is 4.31. The summed E-state index contributed by atoms with van der Waals surface area (Å²) in [5.41, 5.74) is 0.945. The zero-order valence-electron chi connectivity index (χ0n) is 11.6. The first kappa shape index (κ1) is 14.9. The largest absolute Gasteiger partial charge is 0.465 e. The average Bonchev–Trinajstić information content (AvgIpc) is 2.37. The number of nitrogens with zero attached hydrogens (tertiary/aromatic N) is 4. The van der Waals surface area contributed by atoms with E-state index in [2.05, 4.69) is 9.98 Å². The molecule has 6 nitrogen and oxygen atoms in total. The van der Waals surface area contributed by atoms with E-state index in [1.807, 2.05) is 38.1 Å². The van der Waals surface area contributed by atoms with Crippen LogP contribution < -0.4 is 0 Å². The Balaban J connectivity index is 2.75. The van der Waals surface area contributed by atoms with E-state index in [0.29, 0.717) is 25.3 Å². The molecule has 0 fully saturated rings. The summed E-state index contributed by atoms with van der Waals surface area (Å²) < 4.78 is 0. The number of carbonyl (C=O) groups is 1. The average molecular weight is 264 g/mol. The van der Waals surface area contributed by atoms with Gasteiger partial charge < -0.3 is 14.9 Å². The van der Waals surface area contributed by atoms with Crippen molar-refractivity contribution < 1.29 is 9.90 Å². The van der Waals surface area contributed by atoms with Crippen molar-refractivity contribution in [2.24, 2.45) is 4.99 Å². The fourth-order valence-corrected chi connectivity index (χ4v) is 1.56. The van der Waals surface area contributed by atoms with Gasteiger partial charge in [-0.2, -0.15) is 0 Å². The Kier molecular flexibility index (Phi) is 5.78. The van der Waals surface area contributed by atoms with E-state index in [1.54, 1.807) is 12.5 Å². The van der Waals surface area contributed by atoms with Crippen LogP contribution in [0.1, 0.15) is 12.5 Å². The molecule has 1 N–H and O–H groups in total. The van der Waals surface area contributed by atoms with E-state index in [-0.39, 0.29) is 0 Å². The van der Waals surface area contributed by atoms with Crippen LogP contribution in [0.4, 0.5) is 10.6 Å². The Morgan fingerprint density at radius 3 is 2.84 bits per heavy atom. The first-order chi connectivity index (χ1) is 9.04. The van der Waals surface area contributed by atoms with Crippen molar-refractivity contribution in [2.75, 3.05) is 27.2 Å². The summed E-state index contributed by atoms with van der Waals surface area (Å²) in [6.07, 6.45) is 3.07. The highest BCUT2D eigenvalue weighted by Gasteiger charge is 2.10. The smallest absolute Gasteiger partial charge is 0.407 e. The van der Waals surface area contributed by atoms with Gasteiger partial charge in [0.2, 0.25) is 0 Å². The van der Waals surface area contributed by atoms with Crippen LogP contribution in [0.5, 0.6) is 0 Å². The predicted molar refractivity (Wildman–Crippen MR) is 75.1 cm³/mol. The molecule has 0 unspecified atom stereocenters. The van der Waals surface area contributed by atoms with Crippen LogP contribution >= 0.6 is 0 Å². The SMILES string of the molecule is CCN(CCc1cccnc1N=CN(C)C)C(=O)O. The molecule has 0 saturated heterocycles.